The summed E-state index contributed by atoms with van der Waals surface area (Å²) in [5.41, 5.74) is 6.13. The predicted octanol–water partition coefficient (Wildman–Crippen LogP) is 1.88. The summed E-state index contributed by atoms with van der Waals surface area (Å²) in [4.78, 5) is 11.8. The summed E-state index contributed by atoms with van der Waals surface area (Å²) in [6.45, 7) is 0.107. The van der Waals surface area contributed by atoms with Crippen molar-refractivity contribution in [3.8, 4) is 5.75 Å². The summed E-state index contributed by atoms with van der Waals surface area (Å²) < 4.78 is 7.46. The summed E-state index contributed by atoms with van der Waals surface area (Å²) in [5.74, 6) is 0.853. The summed E-state index contributed by atoms with van der Waals surface area (Å²) in [6.07, 6.45) is 1.65. The molecule has 1 heterocycles. The molecule has 1 aromatic carbocycles. The molecule has 2 aromatic rings. The van der Waals surface area contributed by atoms with Crippen LogP contribution in [0, 0.1) is 0 Å². The Bertz CT molecular complexity index is 597. The number of nitrogens with two attached hydrogens (primary N) is 1. The van der Waals surface area contributed by atoms with Crippen molar-refractivity contribution in [2.45, 2.75) is 6.54 Å². The second-order valence-corrected chi connectivity index (χ2v) is 4.69. The molecule has 2 rings (SSSR count). The summed E-state index contributed by atoms with van der Waals surface area (Å²) in [7, 11) is 1.57. The van der Waals surface area contributed by atoms with Crippen LogP contribution in [0.5, 0.6) is 5.75 Å². The maximum atomic E-state index is 11.8. The van der Waals surface area contributed by atoms with E-state index in [4.69, 9.17) is 10.5 Å². The van der Waals surface area contributed by atoms with Crippen LogP contribution in [0.4, 0.5) is 11.5 Å². The molecule has 0 saturated carbocycles. The van der Waals surface area contributed by atoms with Gasteiger partial charge in [-0.15, -0.1) is 0 Å². The number of hydrogen-bond donors (Lipinski definition) is 2. The number of carbonyl (C=O) groups excluding carboxylic acids is 1. The van der Waals surface area contributed by atoms with Gasteiger partial charge in [-0.2, -0.15) is 5.10 Å². The fraction of sp³-hybridized carbons (Fsp3) is 0.167. The van der Waals surface area contributed by atoms with Crippen LogP contribution in [0.2, 0.25) is 0 Å². The first-order valence-corrected chi connectivity index (χ1v) is 6.30. The Kier molecular flexibility index (Phi) is 4.06. The first-order valence-electron chi connectivity index (χ1n) is 5.51. The van der Waals surface area contributed by atoms with Crippen LogP contribution in [-0.2, 0) is 11.3 Å². The molecule has 1 aromatic heterocycles. The van der Waals surface area contributed by atoms with Gasteiger partial charge in [0.1, 0.15) is 18.1 Å². The molecule has 3 N–H and O–H groups in total. The van der Waals surface area contributed by atoms with Crippen LogP contribution in [0.3, 0.4) is 0 Å². The molecule has 0 aliphatic rings. The molecule has 0 radical (unpaired) electrons. The number of nitrogen functional groups attached to an aromatic ring is 1. The fourth-order valence-corrected chi connectivity index (χ4v) is 1.96. The Morgan fingerprint density at radius 2 is 2.32 bits per heavy atom. The lowest BCUT2D eigenvalue weighted by atomic mass is 10.3. The number of hydrogen-bond acceptors (Lipinski definition) is 4. The van der Waals surface area contributed by atoms with Crippen molar-refractivity contribution >= 4 is 33.3 Å². The molecule has 0 spiro atoms. The number of nitrogens with one attached hydrogen (secondary N) is 1. The van der Waals surface area contributed by atoms with Crippen molar-refractivity contribution in [2.75, 3.05) is 18.2 Å². The molecule has 19 heavy (non-hydrogen) atoms. The Labute approximate surface area is 118 Å². The highest BCUT2D eigenvalue weighted by Crippen LogP contribution is 2.27. The van der Waals surface area contributed by atoms with Crippen LogP contribution >= 0.6 is 15.9 Å². The maximum absolute atomic E-state index is 11.8. The average Bonchev–Trinajstić information content (AvgIpc) is 2.77. The van der Waals surface area contributed by atoms with Gasteiger partial charge < -0.3 is 15.8 Å². The highest BCUT2D eigenvalue weighted by Gasteiger charge is 2.07. The van der Waals surface area contributed by atoms with Gasteiger partial charge in [-0.1, -0.05) is 0 Å². The van der Waals surface area contributed by atoms with Crippen LogP contribution in [-0.4, -0.2) is 22.8 Å². The second kappa shape index (κ2) is 5.75. The fourth-order valence-electron chi connectivity index (χ4n) is 1.55. The summed E-state index contributed by atoms with van der Waals surface area (Å²) >= 11 is 3.35. The number of methoxy groups -OCH3 is 1. The van der Waals surface area contributed by atoms with Gasteiger partial charge in [-0.25, -0.2) is 0 Å². The monoisotopic (exact) mass is 324 g/mol. The molecule has 0 aliphatic carbocycles. The van der Waals surface area contributed by atoms with Crippen molar-refractivity contribution in [3.05, 3.63) is 34.9 Å². The largest absolute Gasteiger partial charge is 0.495 e. The van der Waals surface area contributed by atoms with E-state index in [1.807, 2.05) is 0 Å². The molecule has 6 nitrogen and oxygen atoms in total. The zero-order chi connectivity index (χ0) is 13.8. The van der Waals surface area contributed by atoms with Gasteiger partial charge in [0.2, 0.25) is 5.91 Å². The Hall–Kier alpha value is -2.02. The Morgan fingerprint density at radius 1 is 1.53 bits per heavy atom. The Morgan fingerprint density at radius 3 is 2.95 bits per heavy atom. The SMILES string of the molecule is COc1cc(NC(=O)Cn2ccc(N)n2)ccc1Br. The summed E-state index contributed by atoms with van der Waals surface area (Å²) in [5, 5.41) is 6.70. The van der Waals surface area contributed by atoms with E-state index in [2.05, 4.69) is 26.3 Å². The number of aromatic nitrogens is 2. The minimum Gasteiger partial charge on any atom is -0.495 e. The number of rotatable bonds is 4. The van der Waals surface area contributed by atoms with Gasteiger partial charge >= 0.3 is 0 Å². The number of amides is 1. The molecule has 100 valence electrons. The van der Waals surface area contributed by atoms with E-state index in [9.17, 15) is 4.79 Å². The van der Waals surface area contributed by atoms with Gasteiger partial charge in [-0.3, -0.25) is 9.48 Å². The number of nitrogens with zero attached hydrogens (tertiary/aromatic N) is 2. The van der Waals surface area contributed by atoms with Crippen LogP contribution in [0.1, 0.15) is 0 Å². The number of ether oxygens (including phenoxy) is 1. The van der Waals surface area contributed by atoms with Crippen LogP contribution in [0.25, 0.3) is 0 Å². The smallest absolute Gasteiger partial charge is 0.246 e. The van der Waals surface area contributed by atoms with E-state index < -0.39 is 0 Å². The van der Waals surface area contributed by atoms with Crippen molar-refractivity contribution in [1.29, 1.82) is 0 Å². The molecule has 0 unspecified atom stereocenters. The molecular formula is C12H13BrN4O2. The van der Waals surface area contributed by atoms with Crippen LogP contribution in [0.15, 0.2) is 34.9 Å². The van der Waals surface area contributed by atoms with E-state index in [0.29, 0.717) is 17.3 Å². The average molecular weight is 325 g/mol. The topological polar surface area (TPSA) is 82.2 Å². The van der Waals surface area contributed by atoms with E-state index in [-0.39, 0.29) is 12.5 Å². The molecule has 0 saturated heterocycles. The van der Waals surface area contributed by atoms with Crippen molar-refractivity contribution in [1.82, 2.24) is 9.78 Å². The van der Waals surface area contributed by atoms with Crippen molar-refractivity contribution < 1.29 is 9.53 Å². The first kappa shape index (κ1) is 13.4. The molecule has 0 bridgehead atoms. The van der Waals surface area contributed by atoms with Gasteiger partial charge in [0.25, 0.3) is 0 Å². The molecule has 0 aliphatic heterocycles. The maximum Gasteiger partial charge on any atom is 0.246 e. The van der Waals surface area contributed by atoms with Gasteiger partial charge in [-0.05, 0) is 34.1 Å². The van der Waals surface area contributed by atoms with Crippen molar-refractivity contribution in [2.24, 2.45) is 0 Å². The third-order valence-electron chi connectivity index (χ3n) is 2.40. The zero-order valence-corrected chi connectivity index (χ0v) is 11.8. The number of anilines is 2. The molecule has 1 amide bonds. The van der Waals surface area contributed by atoms with E-state index >= 15 is 0 Å². The normalized spacial score (nSPS) is 10.2. The molecule has 0 fully saturated rings. The van der Waals surface area contributed by atoms with Gasteiger partial charge in [0.15, 0.2) is 0 Å². The molecule has 7 heteroatoms. The lowest BCUT2D eigenvalue weighted by Crippen LogP contribution is -2.19. The van der Waals surface area contributed by atoms with Gasteiger partial charge in [0.05, 0.1) is 11.6 Å². The number of benzene rings is 1. The highest BCUT2D eigenvalue weighted by molar-refractivity contribution is 9.10. The lowest BCUT2D eigenvalue weighted by molar-refractivity contribution is -0.116. The first-order chi connectivity index (χ1) is 9.08. The minimum absolute atomic E-state index is 0.107. The quantitative estimate of drug-likeness (QED) is 0.899. The highest BCUT2D eigenvalue weighted by atomic mass is 79.9. The summed E-state index contributed by atoms with van der Waals surface area (Å²) in [6, 6.07) is 6.96. The van der Waals surface area contributed by atoms with Crippen molar-refractivity contribution in [3.63, 3.8) is 0 Å². The molecular weight excluding hydrogens is 312 g/mol. The number of halogens is 1. The zero-order valence-electron chi connectivity index (χ0n) is 10.3. The standard InChI is InChI=1S/C12H13BrN4O2/c1-19-10-6-8(2-3-9(10)13)15-12(18)7-17-5-4-11(14)16-17/h2-6H,7H2,1H3,(H2,14,16)(H,15,18). The van der Waals surface area contributed by atoms with E-state index in [1.54, 1.807) is 37.6 Å². The third-order valence-corrected chi connectivity index (χ3v) is 3.06. The minimum atomic E-state index is -0.188. The Balaban J connectivity index is 2.02. The second-order valence-electron chi connectivity index (χ2n) is 3.84. The third kappa shape index (κ3) is 3.47. The lowest BCUT2D eigenvalue weighted by Gasteiger charge is -2.08. The van der Waals surface area contributed by atoms with E-state index in [0.717, 1.165) is 4.47 Å². The van der Waals surface area contributed by atoms with Crippen LogP contribution < -0.4 is 15.8 Å². The molecule has 0 atom stereocenters. The predicted molar refractivity (Wildman–Crippen MR) is 76.0 cm³/mol. The number of carbonyl (C=O) groups is 1. The van der Waals surface area contributed by atoms with E-state index in [1.165, 1.54) is 4.68 Å². The van der Waals surface area contributed by atoms with Gasteiger partial charge in [0, 0.05) is 18.0 Å².